The lowest BCUT2D eigenvalue weighted by atomic mass is 10.3. The van der Waals surface area contributed by atoms with Gasteiger partial charge in [0.25, 0.3) is 0 Å². The minimum absolute atomic E-state index is 0.0402. The van der Waals surface area contributed by atoms with E-state index >= 15 is 0 Å². The van der Waals surface area contributed by atoms with Gasteiger partial charge in [0.1, 0.15) is 5.69 Å². The summed E-state index contributed by atoms with van der Waals surface area (Å²) in [4.78, 5) is 17.7. The van der Waals surface area contributed by atoms with Crippen molar-refractivity contribution in [1.82, 2.24) is 19.7 Å². The molecule has 3 rings (SSSR count). The van der Waals surface area contributed by atoms with Crippen molar-refractivity contribution in [2.24, 2.45) is 0 Å². The molecular weight excluding hydrogens is 248 g/mol. The molecule has 19 heavy (non-hydrogen) atoms. The Morgan fingerprint density at radius 2 is 2.16 bits per heavy atom. The van der Waals surface area contributed by atoms with Gasteiger partial charge >= 0.3 is 5.69 Å². The third-order valence-corrected chi connectivity index (χ3v) is 2.82. The van der Waals surface area contributed by atoms with Crippen LogP contribution in [0.25, 0.3) is 17.0 Å². The summed E-state index contributed by atoms with van der Waals surface area (Å²) in [6.07, 6.45) is 0. The van der Waals surface area contributed by atoms with E-state index in [0.29, 0.717) is 5.95 Å². The van der Waals surface area contributed by atoms with Gasteiger partial charge in [0.15, 0.2) is 0 Å². The van der Waals surface area contributed by atoms with Crippen LogP contribution in [-0.4, -0.2) is 24.7 Å². The zero-order chi connectivity index (χ0) is 13.6. The van der Waals surface area contributed by atoms with E-state index in [4.69, 9.17) is 5.73 Å². The number of aromatic nitrogens is 4. The van der Waals surface area contributed by atoms with Gasteiger partial charge < -0.3 is 10.7 Å². The number of para-hydroxylation sites is 2. The molecule has 0 aliphatic rings. The van der Waals surface area contributed by atoms with Crippen molar-refractivity contribution in [2.75, 3.05) is 5.73 Å². The summed E-state index contributed by atoms with van der Waals surface area (Å²) in [6.45, 7) is 1.54. The lowest BCUT2D eigenvalue weighted by Crippen LogP contribution is -2.04. The number of nitrogens with two attached hydrogens (primary N) is 1. The van der Waals surface area contributed by atoms with Crippen molar-refractivity contribution in [2.45, 2.75) is 6.92 Å². The number of nitrogens with zero attached hydrogens (tertiary/aromatic N) is 4. The van der Waals surface area contributed by atoms with Crippen LogP contribution in [0, 0.1) is 17.0 Å². The number of benzene rings is 1. The molecule has 8 nitrogen and oxygen atoms in total. The number of nitrogens with one attached hydrogen (secondary N) is 1. The predicted molar refractivity (Wildman–Crippen MR) is 69.0 cm³/mol. The average Bonchev–Trinajstić information content (AvgIpc) is 2.89. The van der Waals surface area contributed by atoms with Crippen molar-refractivity contribution in [3.63, 3.8) is 0 Å². The highest BCUT2D eigenvalue weighted by Crippen LogP contribution is 2.27. The van der Waals surface area contributed by atoms with Crippen molar-refractivity contribution in [3.8, 4) is 5.95 Å². The van der Waals surface area contributed by atoms with E-state index in [-0.39, 0.29) is 17.2 Å². The topological polar surface area (TPSA) is 116 Å². The summed E-state index contributed by atoms with van der Waals surface area (Å²) < 4.78 is 1.24. The van der Waals surface area contributed by atoms with Crippen molar-refractivity contribution in [3.05, 3.63) is 40.1 Å². The molecule has 0 fully saturated rings. The molecule has 3 N–H and O–H groups in total. The molecule has 0 aliphatic carbocycles. The number of imidazole rings is 1. The van der Waals surface area contributed by atoms with Crippen LogP contribution in [0.5, 0.6) is 0 Å². The second-order valence-electron chi connectivity index (χ2n) is 4.07. The molecule has 2 aromatic heterocycles. The molecule has 0 saturated heterocycles. The Kier molecular flexibility index (Phi) is 2.24. The number of hydrogen-bond donors (Lipinski definition) is 2. The predicted octanol–water partition coefficient (Wildman–Crippen LogP) is 1.55. The van der Waals surface area contributed by atoms with Crippen LogP contribution < -0.4 is 5.73 Å². The largest absolute Gasteiger partial charge is 0.378 e. The summed E-state index contributed by atoms with van der Waals surface area (Å²) in [5, 5.41) is 15.0. The quantitative estimate of drug-likeness (QED) is 0.534. The Hall–Kier alpha value is -2.90. The van der Waals surface area contributed by atoms with Gasteiger partial charge in [-0.3, -0.25) is 10.1 Å². The fraction of sp³-hybridized carbons (Fsp3) is 0.0909. The number of rotatable bonds is 2. The van der Waals surface area contributed by atoms with Crippen LogP contribution in [0.1, 0.15) is 5.69 Å². The molecule has 0 saturated carbocycles. The molecule has 2 heterocycles. The average molecular weight is 258 g/mol. The van der Waals surface area contributed by atoms with E-state index in [1.54, 1.807) is 0 Å². The standard InChI is InChI=1S/C11H10N6O2/c1-6-9(17(18)19)10(12)16(15-6)11-13-7-4-2-3-5-8(7)14-11/h2-5H,12H2,1H3,(H,13,14). The monoisotopic (exact) mass is 258 g/mol. The molecule has 0 unspecified atom stereocenters. The van der Waals surface area contributed by atoms with Crippen LogP contribution in [0.2, 0.25) is 0 Å². The highest BCUT2D eigenvalue weighted by Gasteiger charge is 2.24. The first-order valence-corrected chi connectivity index (χ1v) is 5.52. The fourth-order valence-corrected chi connectivity index (χ4v) is 1.96. The van der Waals surface area contributed by atoms with E-state index < -0.39 is 4.92 Å². The molecule has 0 amide bonds. The number of aryl methyl sites for hydroxylation is 1. The third-order valence-electron chi connectivity index (χ3n) is 2.82. The Morgan fingerprint density at radius 1 is 1.42 bits per heavy atom. The maximum absolute atomic E-state index is 10.9. The molecule has 8 heteroatoms. The molecule has 3 aromatic rings. The van der Waals surface area contributed by atoms with Gasteiger partial charge in [-0.25, -0.2) is 4.98 Å². The number of hydrogen-bond acceptors (Lipinski definition) is 5. The number of fused-ring (bicyclic) bond motifs is 1. The van der Waals surface area contributed by atoms with Crippen LogP contribution in [0.15, 0.2) is 24.3 Å². The fourth-order valence-electron chi connectivity index (χ4n) is 1.96. The first-order valence-electron chi connectivity index (χ1n) is 5.52. The summed E-state index contributed by atoms with van der Waals surface area (Å²) in [6, 6.07) is 7.40. The Bertz CT molecular complexity index is 755. The lowest BCUT2D eigenvalue weighted by molar-refractivity contribution is -0.384. The van der Waals surface area contributed by atoms with E-state index in [0.717, 1.165) is 11.0 Å². The molecule has 0 bridgehead atoms. The Balaban J connectivity index is 2.22. The summed E-state index contributed by atoms with van der Waals surface area (Å²) in [5.74, 6) is 0.316. The van der Waals surface area contributed by atoms with Crippen LogP contribution >= 0.6 is 0 Å². The maximum atomic E-state index is 10.9. The normalized spacial score (nSPS) is 11.0. The summed E-state index contributed by atoms with van der Waals surface area (Å²) >= 11 is 0. The number of anilines is 1. The lowest BCUT2D eigenvalue weighted by Gasteiger charge is -1.96. The second kappa shape index (κ2) is 3.80. The van der Waals surface area contributed by atoms with Gasteiger partial charge in [0.2, 0.25) is 11.8 Å². The van der Waals surface area contributed by atoms with E-state index in [1.165, 1.54) is 11.6 Å². The van der Waals surface area contributed by atoms with Crippen molar-refractivity contribution < 1.29 is 4.92 Å². The first-order chi connectivity index (χ1) is 9.08. The Morgan fingerprint density at radius 3 is 2.79 bits per heavy atom. The van der Waals surface area contributed by atoms with Crippen molar-refractivity contribution in [1.29, 1.82) is 0 Å². The Labute approximate surface area is 107 Å². The number of aromatic amines is 1. The maximum Gasteiger partial charge on any atom is 0.334 e. The highest BCUT2D eigenvalue weighted by molar-refractivity contribution is 5.76. The van der Waals surface area contributed by atoms with Gasteiger partial charge in [-0.2, -0.15) is 9.78 Å². The van der Waals surface area contributed by atoms with Gasteiger partial charge in [-0.1, -0.05) is 12.1 Å². The molecule has 0 aliphatic heterocycles. The second-order valence-corrected chi connectivity index (χ2v) is 4.07. The van der Waals surface area contributed by atoms with Gasteiger partial charge in [-0.15, -0.1) is 0 Å². The van der Waals surface area contributed by atoms with E-state index in [2.05, 4.69) is 15.1 Å². The van der Waals surface area contributed by atoms with Gasteiger partial charge in [0.05, 0.1) is 16.0 Å². The van der Waals surface area contributed by atoms with Gasteiger partial charge in [0, 0.05) is 0 Å². The van der Waals surface area contributed by atoms with E-state index in [9.17, 15) is 10.1 Å². The van der Waals surface area contributed by atoms with Crippen LogP contribution in [-0.2, 0) is 0 Å². The molecule has 0 radical (unpaired) electrons. The van der Waals surface area contributed by atoms with E-state index in [1.807, 2.05) is 24.3 Å². The molecule has 0 spiro atoms. The molecule has 96 valence electrons. The first kappa shape index (κ1) is 11.2. The summed E-state index contributed by atoms with van der Waals surface area (Å²) in [7, 11) is 0. The zero-order valence-electron chi connectivity index (χ0n) is 9.99. The summed E-state index contributed by atoms with van der Waals surface area (Å²) in [5.41, 5.74) is 7.37. The minimum atomic E-state index is -0.545. The molecule has 1 aromatic carbocycles. The SMILES string of the molecule is Cc1nn(-c2nc3ccccc3[nH]2)c(N)c1[N+](=O)[O-]. The van der Waals surface area contributed by atoms with Crippen LogP contribution in [0.4, 0.5) is 11.5 Å². The van der Waals surface area contributed by atoms with Crippen LogP contribution in [0.3, 0.4) is 0 Å². The molecular formula is C11H10N6O2. The number of nitrogen functional groups attached to an aromatic ring is 1. The minimum Gasteiger partial charge on any atom is -0.378 e. The highest BCUT2D eigenvalue weighted by atomic mass is 16.6. The smallest absolute Gasteiger partial charge is 0.334 e. The third kappa shape index (κ3) is 1.61. The number of H-pyrrole nitrogens is 1. The van der Waals surface area contributed by atoms with Crippen molar-refractivity contribution >= 4 is 22.5 Å². The number of nitro groups is 1. The zero-order valence-corrected chi connectivity index (χ0v) is 9.99. The van der Waals surface area contributed by atoms with Gasteiger partial charge in [-0.05, 0) is 19.1 Å². The molecule has 0 atom stereocenters.